The predicted octanol–water partition coefficient (Wildman–Crippen LogP) is 1.78. The van der Waals surface area contributed by atoms with Crippen LogP contribution >= 0.6 is 0 Å². The fraction of sp³-hybridized carbons (Fsp3) is 0.700. The van der Waals surface area contributed by atoms with Crippen molar-refractivity contribution in [3.05, 3.63) is 11.4 Å². The molecule has 1 aromatic heterocycles. The zero-order valence-electron chi connectivity index (χ0n) is 9.07. The van der Waals surface area contributed by atoms with Crippen LogP contribution in [0, 0.1) is 18.8 Å². The van der Waals surface area contributed by atoms with Crippen molar-refractivity contribution in [2.24, 2.45) is 11.8 Å². The van der Waals surface area contributed by atoms with Gasteiger partial charge in [-0.15, -0.1) is 0 Å². The Morgan fingerprint density at radius 2 is 2.07 bits per heavy atom. The number of hydrogen-bond acceptors (Lipinski definition) is 4. The normalized spacial score (nSPS) is 13.2. The smallest absolute Gasteiger partial charge is 0.133 e. The maximum absolute atomic E-state index is 11.3. The lowest BCUT2D eigenvalue weighted by Gasteiger charge is -2.15. The maximum atomic E-state index is 11.3. The van der Waals surface area contributed by atoms with Crippen LogP contribution in [0.15, 0.2) is 4.63 Å². The van der Waals surface area contributed by atoms with Gasteiger partial charge in [-0.1, -0.05) is 24.2 Å². The summed E-state index contributed by atoms with van der Waals surface area (Å²) in [6.45, 7) is 7.53. The van der Waals surface area contributed by atoms with Crippen LogP contribution in [0.25, 0.3) is 0 Å². The van der Waals surface area contributed by atoms with Gasteiger partial charge in [0.15, 0.2) is 0 Å². The van der Waals surface area contributed by atoms with E-state index in [1.165, 1.54) is 0 Å². The second-order valence-corrected chi connectivity index (χ2v) is 3.96. The average molecular weight is 196 g/mol. The van der Waals surface area contributed by atoms with Gasteiger partial charge in [-0.3, -0.25) is 4.79 Å². The number of aryl methyl sites for hydroxylation is 1. The van der Waals surface area contributed by atoms with Crippen molar-refractivity contribution in [1.82, 2.24) is 10.3 Å². The minimum Gasteiger partial charge on any atom is -0.300 e. The van der Waals surface area contributed by atoms with Crippen molar-refractivity contribution in [3.63, 3.8) is 0 Å². The van der Waals surface area contributed by atoms with Crippen molar-refractivity contribution in [2.45, 2.75) is 34.1 Å². The molecule has 0 saturated carbocycles. The summed E-state index contributed by atoms with van der Waals surface area (Å²) in [7, 11) is 0. The summed E-state index contributed by atoms with van der Waals surface area (Å²) in [4.78, 5) is 11.3. The summed E-state index contributed by atoms with van der Waals surface area (Å²) >= 11 is 0. The first-order valence-corrected chi connectivity index (χ1v) is 4.80. The Labute approximate surface area is 83.6 Å². The lowest BCUT2D eigenvalue weighted by atomic mass is 9.88. The Balaban J connectivity index is 2.75. The first-order valence-electron chi connectivity index (χ1n) is 4.80. The van der Waals surface area contributed by atoms with Crippen LogP contribution in [-0.4, -0.2) is 16.1 Å². The number of nitrogens with zero attached hydrogens (tertiary/aromatic N) is 2. The minimum absolute atomic E-state index is 0.0144. The van der Waals surface area contributed by atoms with Gasteiger partial charge in [0.2, 0.25) is 0 Å². The van der Waals surface area contributed by atoms with E-state index in [1.807, 2.05) is 20.8 Å². The molecule has 0 aliphatic rings. The second-order valence-electron chi connectivity index (χ2n) is 3.96. The number of ketones is 1. The minimum atomic E-state index is 0.0144. The van der Waals surface area contributed by atoms with Crippen LogP contribution < -0.4 is 0 Å². The van der Waals surface area contributed by atoms with Gasteiger partial charge in [-0.25, -0.2) is 4.63 Å². The molecule has 0 amide bonds. The van der Waals surface area contributed by atoms with E-state index in [-0.39, 0.29) is 11.7 Å². The van der Waals surface area contributed by atoms with Crippen LogP contribution in [0.5, 0.6) is 0 Å². The molecular weight excluding hydrogens is 180 g/mol. The van der Waals surface area contributed by atoms with E-state index in [0.29, 0.717) is 12.3 Å². The molecule has 1 heterocycles. The van der Waals surface area contributed by atoms with Crippen LogP contribution in [0.2, 0.25) is 0 Å². The van der Waals surface area contributed by atoms with Crippen molar-refractivity contribution in [2.75, 3.05) is 0 Å². The number of Topliss-reactive ketones (excluding diaryl/α,β-unsaturated/α-hetero) is 1. The highest BCUT2D eigenvalue weighted by Crippen LogP contribution is 2.18. The molecule has 4 heteroatoms. The van der Waals surface area contributed by atoms with E-state index in [9.17, 15) is 4.79 Å². The van der Waals surface area contributed by atoms with E-state index in [0.717, 1.165) is 11.4 Å². The average Bonchev–Trinajstić information content (AvgIpc) is 2.46. The third kappa shape index (κ3) is 2.40. The highest BCUT2D eigenvalue weighted by Gasteiger charge is 2.21. The Morgan fingerprint density at radius 3 is 2.43 bits per heavy atom. The quantitative estimate of drug-likeness (QED) is 0.736. The fourth-order valence-corrected chi connectivity index (χ4v) is 1.49. The number of hydrogen-bond donors (Lipinski definition) is 0. The van der Waals surface area contributed by atoms with E-state index in [1.54, 1.807) is 6.92 Å². The monoisotopic (exact) mass is 196 g/mol. The van der Waals surface area contributed by atoms with E-state index >= 15 is 0 Å². The first kappa shape index (κ1) is 10.9. The Morgan fingerprint density at radius 1 is 1.43 bits per heavy atom. The molecule has 0 aliphatic carbocycles. The lowest BCUT2D eigenvalue weighted by Crippen LogP contribution is -2.20. The van der Waals surface area contributed by atoms with E-state index in [4.69, 9.17) is 0 Å². The SMILES string of the molecule is CC(=O)C(Cc1nonc1C)C(C)C. The van der Waals surface area contributed by atoms with Crippen LogP contribution in [0.3, 0.4) is 0 Å². The van der Waals surface area contributed by atoms with Crippen molar-refractivity contribution < 1.29 is 9.42 Å². The molecule has 14 heavy (non-hydrogen) atoms. The summed E-state index contributed by atoms with van der Waals surface area (Å²) in [5, 5.41) is 7.47. The molecule has 0 spiro atoms. The topological polar surface area (TPSA) is 56.0 Å². The molecule has 0 fully saturated rings. The second kappa shape index (κ2) is 4.35. The first-order chi connectivity index (χ1) is 6.52. The molecule has 0 saturated heterocycles. The predicted molar refractivity (Wildman–Crippen MR) is 51.7 cm³/mol. The number of aromatic nitrogens is 2. The largest absolute Gasteiger partial charge is 0.300 e. The number of carbonyl (C=O) groups excluding carboxylic acids is 1. The van der Waals surface area contributed by atoms with Gasteiger partial charge in [0.1, 0.15) is 17.2 Å². The highest BCUT2D eigenvalue weighted by atomic mass is 16.6. The lowest BCUT2D eigenvalue weighted by molar-refractivity contribution is -0.121. The Hall–Kier alpha value is -1.19. The number of carbonyl (C=O) groups is 1. The molecule has 0 bridgehead atoms. The number of rotatable bonds is 4. The Kier molecular flexibility index (Phi) is 3.38. The van der Waals surface area contributed by atoms with Gasteiger partial charge in [0.25, 0.3) is 0 Å². The van der Waals surface area contributed by atoms with Crippen LogP contribution in [-0.2, 0) is 11.2 Å². The standard InChI is InChI=1S/C10H16N2O2/c1-6(2)9(8(4)13)5-10-7(3)11-14-12-10/h6,9H,5H2,1-4H3. The molecule has 0 aliphatic heterocycles. The highest BCUT2D eigenvalue weighted by molar-refractivity contribution is 5.78. The van der Waals surface area contributed by atoms with Gasteiger partial charge < -0.3 is 0 Å². The molecule has 1 aromatic rings. The van der Waals surface area contributed by atoms with E-state index in [2.05, 4.69) is 14.9 Å². The molecule has 0 radical (unpaired) electrons. The maximum Gasteiger partial charge on any atom is 0.133 e. The summed E-state index contributed by atoms with van der Waals surface area (Å²) < 4.78 is 4.59. The summed E-state index contributed by atoms with van der Waals surface area (Å²) in [6.07, 6.45) is 0.627. The molecule has 0 N–H and O–H groups in total. The summed E-state index contributed by atoms with van der Waals surface area (Å²) in [5.41, 5.74) is 1.57. The molecule has 0 aromatic carbocycles. The third-order valence-corrected chi connectivity index (χ3v) is 2.49. The zero-order valence-corrected chi connectivity index (χ0v) is 9.07. The molecule has 1 atom stereocenters. The van der Waals surface area contributed by atoms with Crippen LogP contribution in [0.4, 0.5) is 0 Å². The summed E-state index contributed by atoms with van der Waals surface area (Å²) in [5.74, 6) is 0.534. The molecule has 4 nitrogen and oxygen atoms in total. The van der Waals surface area contributed by atoms with Crippen molar-refractivity contribution >= 4 is 5.78 Å². The van der Waals surface area contributed by atoms with E-state index < -0.39 is 0 Å². The third-order valence-electron chi connectivity index (χ3n) is 2.49. The van der Waals surface area contributed by atoms with Gasteiger partial charge >= 0.3 is 0 Å². The van der Waals surface area contributed by atoms with Gasteiger partial charge in [0.05, 0.1) is 0 Å². The van der Waals surface area contributed by atoms with Crippen molar-refractivity contribution in [3.8, 4) is 0 Å². The van der Waals surface area contributed by atoms with Crippen LogP contribution in [0.1, 0.15) is 32.2 Å². The van der Waals surface area contributed by atoms with Crippen molar-refractivity contribution in [1.29, 1.82) is 0 Å². The summed E-state index contributed by atoms with van der Waals surface area (Å²) in [6, 6.07) is 0. The molecule has 1 unspecified atom stereocenters. The molecule has 1 rings (SSSR count). The fourth-order valence-electron chi connectivity index (χ4n) is 1.49. The molecular formula is C10H16N2O2. The van der Waals surface area contributed by atoms with Gasteiger partial charge in [-0.2, -0.15) is 0 Å². The van der Waals surface area contributed by atoms with Gasteiger partial charge in [0, 0.05) is 12.3 Å². The Bertz CT molecular complexity index is 318. The van der Waals surface area contributed by atoms with Gasteiger partial charge in [-0.05, 0) is 19.8 Å². The zero-order chi connectivity index (χ0) is 10.7. The molecule has 78 valence electrons.